The molecule has 1 heterocycles. The number of allylic oxidation sites excluding steroid dienone is 1. The Balaban J connectivity index is 1.45. The molecule has 1 saturated carbocycles. The first-order valence-electron chi connectivity index (χ1n) is 23.7. The molecule has 3 aliphatic rings. The van der Waals surface area contributed by atoms with Gasteiger partial charge in [0.1, 0.15) is 29.9 Å². The molecule has 0 bridgehead atoms. The highest BCUT2D eigenvalue weighted by Crippen LogP contribution is 2.62. The standard InChI is InChI=1S/C54H62N4O11/c1-4-27-66-54-50(57(23-28-65-29-26-61)53(62)40-16-12-38(34-55)13-17-40)33-48(56-67-35-39-14-18-42(19-15-39)58(63)64)46-31-41(9-5-7-24-59)45(10-6-8-25-60)51(52(46)54)47-32-44(21-22-49(47)69-54)68-43-20-11-36(2)37(3)30-43/h4,11-22,30-32,41,45,50-52,59-61H,1,5-10,23-29,33,35H2,2-3H3. The van der Waals surface area contributed by atoms with Gasteiger partial charge < -0.3 is 44.0 Å². The van der Waals surface area contributed by atoms with Crippen LogP contribution in [0.4, 0.5) is 5.69 Å². The number of non-ortho nitro benzene ring substituents is 1. The van der Waals surface area contributed by atoms with Crippen molar-refractivity contribution in [3.63, 3.8) is 0 Å². The molecule has 0 saturated heterocycles. The smallest absolute Gasteiger partial charge is 0.269 e. The van der Waals surface area contributed by atoms with Crippen LogP contribution in [-0.2, 0) is 20.9 Å². The zero-order valence-corrected chi connectivity index (χ0v) is 39.3. The minimum Gasteiger partial charge on any atom is -0.459 e. The van der Waals surface area contributed by atoms with Gasteiger partial charge in [0.25, 0.3) is 11.6 Å². The summed E-state index contributed by atoms with van der Waals surface area (Å²) in [6, 6.07) is 25.5. The summed E-state index contributed by atoms with van der Waals surface area (Å²) in [7, 11) is 0. The van der Waals surface area contributed by atoms with Crippen LogP contribution in [0.5, 0.6) is 17.2 Å². The van der Waals surface area contributed by atoms with Crippen molar-refractivity contribution in [2.45, 2.75) is 83.1 Å². The Morgan fingerprint density at radius 1 is 0.942 bits per heavy atom. The Morgan fingerprint density at radius 2 is 1.67 bits per heavy atom. The number of unbranched alkanes of at least 4 members (excludes halogenated alkanes) is 2. The van der Waals surface area contributed by atoms with Crippen molar-refractivity contribution in [3.8, 4) is 23.3 Å². The van der Waals surface area contributed by atoms with Gasteiger partial charge in [-0.25, -0.2) is 0 Å². The Kier molecular flexibility index (Phi) is 17.4. The fourth-order valence-corrected chi connectivity index (χ4v) is 10.1. The van der Waals surface area contributed by atoms with Crippen molar-refractivity contribution in [2.75, 3.05) is 46.2 Å². The van der Waals surface area contributed by atoms with E-state index in [1.54, 1.807) is 47.4 Å². The van der Waals surface area contributed by atoms with Gasteiger partial charge in [-0.15, -0.1) is 6.58 Å². The molecule has 3 N–H and O–H groups in total. The number of fused-ring (bicyclic) bond motifs is 2. The van der Waals surface area contributed by atoms with E-state index in [9.17, 15) is 30.7 Å². The van der Waals surface area contributed by atoms with E-state index < -0.39 is 22.7 Å². The average molecular weight is 943 g/mol. The zero-order chi connectivity index (χ0) is 48.9. The molecule has 7 rings (SSSR count). The molecular weight excluding hydrogens is 881 g/mol. The molecule has 15 heteroatoms. The van der Waals surface area contributed by atoms with Crippen molar-refractivity contribution < 1.29 is 48.8 Å². The number of oxime groups is 1. The Labute approximate surface area is 403 Å². The lowest BCUT2D eigenvalue weighted by Crippen LogP contribution is -2.70. The van der Waals surface area contributed by atoms with E-state index in [2.05, 4.69) is 25.6 Å². The molecule has 1 fully saturated rings. The lowest BCUT2D eigenvalue weighted by molar-refractivity contribution is -0.384. The lowest BCUT2D eigenvalue weighted by atomic mass is 9.55. The molecule has 1 aliphatic heterocycles. The van der Waals surface area contributed by atoms with Crippen LogP contribution in [0.1, 0.15) is 89.0 Å². The number of hydrogen-bond donors (Lipinski definition) is 3. The highest BCUT2D eigenvalue weighted by Gasteiger charge is 2.65. The maximum absolute atomic E-state index is 15.2. The number of nitro benzene ring substituents is 1. The molecule has 6 atom stereocenters. The molecule has 1 amide bonds. The van der Waals surface area contributed by atoms with Crippen molar-refractivity contribution in [2.24, 2.45) is 22.9 Å². The van der Waals surface area contributed by atoms with E-state index in [4.69, 9.17) is 28.9 Å². The number of aryl methyl sites for hydroxylation is 2. The number of aliphatic hydroxyl groups is 3. The SMILES string of the molecule is C=CCOC12Oc3ccc(Oc4ccc(C)c(C)c4)cc3C3C(CCCCO)C(CCCCO)C=C(C(=NOCc4ccc([N+](=O)[O-])cc4)CC1N(CCOCCO)C(=O)c1ccc(C#N)cc1)C32. The number of ether oxygens (including phenoxy) is 4. The summed E-state index contributed by atoms with van der Waals surface area (Å²) in [5.74, 6) is -1.14. The summed E-state index contributed by atoms with van der Waals surface area (Å²) in [5.41, 5.74) is 5.81. The normalized spacial score (nSPS) is 21.8. The maximum Gasteiger partial charge on any atom is 0.269 e. The molecule has 0 radical (unpaired) electrons. The van der Waals surface area contributed by atoms with Gasteiger partial charge in [-0.2, -0.15) is 5.26 Å². The summed E-state index contributed by atoms with van der Waals surface area (Å²) in [6.07, 6.45) is 8.16. The van der Waals surface area contributed by atoms with E-state index in [1.807, 2.05) is 43.3 Å². The largest absolute Gasteiger partial charge is 0.459 e. The van der Waals surface area contributed by atoms with E-state index in [0.717, 1.165) is 47.9 Å². The number of aliphatic hydroxyl groups excluding tert-OH is 3. The van der Waals surface area contributed by atoms with Crippen LogP contribution in [0, 0.1) is 53.0 Å². The Bertz CT molecular complexity index is 2520. The van der Waals surface area contributed by atoms with Crippen LogP contribution >= 0.6 is 0 Å². The van der Waals surface area contributed by atoms with Gasteiger partial charge >= 0.3 is 0 Å². The number of amides is 1. The number of carbonyl (C=O) groups is 1. The monoisotopic (exact) mass is 942 g/mol. The van der Waals surface area contributed by atoms with Crippen molar-refractivity contribution in [3.05, 3.63) is 153 Å². The van der Waals surface area contributed by atoms with Gasteiger partial charge in [0.05, 0.1) is 54.6 Å². The summed E-state index contributed by atoms with van der Waals surface area (Å²) in [4.78, 5) is 34.0. The maximum atomic E-state index is 15.2. The minimum absolute atomic E-state index is 0.00321. The predicted molar refractivity (Wildman–Crippen MR) is 259 cm³/mol. The number of nitro groups is 1. The molecule has 0 spiro atoms. The number of benzene rings is 4. The first-order chi connectivity index (χ1) is 33.5. The fraction of sp³-hybridized carbons (Fsp3) is 0.426. The highest BCUT2D eigenvalue weighted by molar-refractivity contribution is 6.03. The Hall–Kier alpha value is -6.41. The van der Waals surface area contributed by atoms with Gasteiger partial charge in [-0.05, 0) is 140 Å². The number of carbonyl (C=O) groups excluding carboxylic acids is 1. The van der Waals surface area contributed by atoms with Gasteiger partial charge in [-0.1, -0.05) is 36.2 Å². The molecule has 4 aromatic carbocycles. The first-order valence-corrected chi connectivity index (χ1v) is 23.7. The third-order valence-corrected chi connectivity index (χ3v) is 13.5. The molecule has 0 aromatic heterocycles. The van der Waals surface area contributed by atoms with Gasteiger partial charge in [0, 0.05) is 55.4 Å². The average Bonchev–Trinajstić information content (AvgIpc) is 3.36. The highest BCUT2D eigenvalue weighted by atomic mass is 16.7. The fourth-order valence-electron chi connectivity index (χ4n) is 10.1. The van der Waals surface area contributed by atoms with Crippen molar-refractivity contribution in [1.82, 2.24) is 4.90 Å². The first kappa shape index (κ1) is 50.5. The molecule has 6 unspecified atom stereocenters. The van der Waals surface area contributed by atoms with E-state index in [1.165, 1.54) is 12.1 Å². The number of rotatable bonds is 24. The van der Waals surface area contributed by atoms with E-state index in [-0.39, 0.29) is 88.6 Å². The van der Waals surface area contributed by atoms with E-state index in [0.29, 0.717) is 52.5 Å². The zero-order valence-electron chi connectivity index (χ0n) is 39.3. The predicted octanol–water partition coefficient (Wildman–Crippen LogP) is 8.86. The third kappa shape index (κ3) is 11.6. The second-order valence-corrected chi connectivity index (χ2v) is 17.8. The summed E-state index contributed by atoms with van der Waals surface area (Å²) in [5, 5.41) is 55.6. The van der Waals surface area contributed by atoms with Crippen LogP contribution in [0.3, 0.4) is 0 Å². The van der Waals surface area contributed by atoms with E-state index >= 15 is 4.79 Å². The van der Waals surface area contributed by atoms with Gasteiger partial charge in [0.2, 0.25) is 5.79 Å². The third-order valence-electron chi connectivity index (χ3n) is 13.5. The summed E-state index contributed by atoms with van der Waals surface area (Å²) in [6.45, 7) is 8.20. The van der Waals surface area contributed by atoms with Crippen LogP contribution < -0.4 is 9.47 Å². The summed E-state index contributed by atoms with van der Waals surface area (Å²) < 4.78 is 26.9. The van der Waals surface area contributed by atoms with Crippen molar-refractivity contribution >= 4 is 17.3 Å². The number of hydrogen-bond acceptors (Lipinski definition) is 13. The molecule has 4 aromatic rings. The molecule has 364 valence electrons. The second-order valence-electron chi connectivity index (χ2n) is 17.8. The van der Waals surface area contributed by atoms with Gasteiger partial charge in [0.15, 0.2) is 0 Å². The second kappa shape index (κ2) is 23.7. The minimum atomic E-state index is -1.57. The van der Waals surface area contributed by atoms with Crippen LogP contribution in [0.2, 0.25) is 0 Å². The molecule has 2 aliphatic carbocycles. The van der Waals surface area contributed by atoms with Crippen LogP contribution in [0.15, 0.2) is 114 Å². The topological polar surface area (TPSA) is 206 Å². The van der Waals surface area contributed by atoms with Gasteiger partial charge in [-0.3, -0.25) is 14.9 Å². The Morgan fingerprint density at radius 3 is 2.35 bits per heavy atom. The van der Waals surface area contributed by atoms with Crippen molar-refractivity contribution in [1.29, 1.82) is 5.26 Å². The number of nitriles is 1. The summed E-state index contributed by atoms with van der Waals surface area (Å²) >= 11 is 0. The lowest BCUT2D eigenvalue weighted by Gasteiger charge is -2.60. The van der Waals surface area contributed by atoms with Crippen LogP contribution in [0.25, 0.3) is 0 Å². The molecule has 69 heavy (non-hydrogen) atoms. The number of nitrogens with zero attached hydrogens (tertiary/aromatic N) is 4. The quantitative estimate of drug-likeness (QED) is 0.0261. The molecule has 15 nitrogen and oxygen atoms in total. The molecular formula is C54H62N4O11. The van der Waals surface area contributed by atoms with Crippen LogP contribution in [-0.4, -0.2) is 94.8 Å².